The molecule has 0 bridgehead atoms. The van der Waals surface area contributed by atoms with Gasteiger partial charge in [-0.25, -0.2) is 13.2 Å². The first kappa shape index (κ1) is 12.2. The first-order valence-corrected chi connectivity index (χ1v) is 5.74. The molecule has 0 amide bonds. The van der Waals surface area contributed by atoms with Gasteiger partial charge in [0.15, 0.2) is 11.6 Å². The summed E-state index contributed by atoms with van der Waals surface area (Å²) in [6.07, 6.45) is 1.46. The minimum absolute atomic E-state index is 0.0356. The third kappa shape index (κ3) is 2.24. The average Bonchev–Trinajstić information content (AvgIpc) is 2.69. The Morgan fingerprint density at radius 3 is 2.29 bits per heavy atom. The second-order valence-electron chi connectivity index (χ2n) is 3.58. The van der Waals surface area contributed by atoms with E-state index in [1.807, 2.05) is 0 Å². The van der Waals surface area contributed by atoms with E-state index in [1.165, 1.54) is 6.26 Å². The first-order valence-electron chi connectivity index (χ1n) is 4.83. The molecular weight excluding hydrogens is 297 g/mol. The zero-order valence-electron chi connectivity index (χ0n) is 8.81. The summed E-state index contributed by atoms with van der Waals surface area (Å²) in [7, 11) is 0. The van der Waals surface area contributed by atoms with Crippen LogP contribution >= 0.6 is 15.9 Å². The van der Waals surface area contributed by atoms with Crippen molar-refractivity contribution in [3.63, 3.8) is 0 Å². The molecule has 0 fully saturated rings. The lowest BCUT2D eigenvalue weighted by molar-refractivity contribution is 0.490. The lowest BCUT2D eigenvalue weighted by Crippen LogP contribution is -2.00. The molecule has 0 N–H and O–H groups in total. The summed E-state index contributed by atoms with van der Waals surface area (Å²) in [5.74, 6) is -2.48. The van der Waals surface area contributed by atoms with Gasteiger partial charge in [0.2, 0.25) is 0 Å². The minimum Gasteiger partial charge on any atom is -0.469 e. The molecule has 1 nitrogen and oxygen atoms in total. The number of benzene rings is 1. The molecule has 1 heterocycles. The highest BCUT2D eigenvalue weighted by Gasteiger charge is 2.20. The molecular formula is C12H8BrF3O. The van der Waals surface area contributed by atoms with Crippen LogP contribution in [0.15, 0.2) is 28.9 Å². The van der Waals surface area contributed by atoms with E-state index >= 15 is 0 Å². The Morgan fingerprint density at radius 1 is 1.06 bits per heavy atom. The molecule has 1 aromatic heterocycles. The van der Waals surface area contributed by atoms with E-state index in [9.17, 15) is 13.2 Å². The van der Waals surface area contributed by atoms with Crippen molar-refractivity contribution in [3.05, 3.63) is 58.8 Å². The Labute approximate surface area is 104 Å². The molecule has 1 atom stereocenters. The zero-order valence-corrected chi connectivity index (χ0v) is 10.4. The van der Waals surface area contributed by atoms with Crippen LogP contribution in [-0.2, 0) is 0 Å². The van der Waals surface area contributed by atoms with E-state index in [4.69, 9.17) is 4.42 Å². The molecule has 0 aliphatic heterocycles. The molecule has 17 heavy (non-hydrogen) atoms. The number of aryl methyl sites for hydroxylation is 1. The van der Waals surface area contributed by atoms with Gasteiger partial charge in [-0.3, -0.25) is 0 Å². The smallest absolute Gasteiger partial charge is 0.161 e. The second-order valence-corrected chi connectivity index (χ2v) is 4.50. The summed E-state index contributed by atoms with van der Waals surface area (Å²) in [4.78, 5) is -0.573. The minimum atomic E-state index is -1.20. The monoisotopic (exact) mass is 304 g/mol. The second kappa shape index (κ2) is 4.56. The predicted molar refractivity (Wildman–Crippen MR) is 60.5 cm³/mol. The molecule has 1 unspecified atom stereocenters. The fourth-order valence-electron chi connectivity index (χ4n) is 1.56. The molecule has 0 radical (unpaired) electrons. The summed E-state index contributed by atoms with van der Waals surface area (Å²) in [5, 5.41) is 0. The Bertz CT molecular complexity index is 551. The Morgan fingerprint density at radius 2 is 1.71 bits per heavy atom. The third-order valence-corrected chi connectivity index (χ3v) is 3.47. The number of hydrogen-bond acceptors (Lipinski definition) is 1. The van der Waals surface area contributed by atoms with Gasteiger partial charge in [0, 0.05) is 17.2 Å². The number of rotatable bonds is 2. The Kier molecular flexibility index (Phi) is 3.28. The molecule has 2 aromatic rings. The van der Waals surface area contributed by atoms with Gasteiger partial charge < -0.3 is 4.42 Å². The van der Waals surface area contributed by atoms with Gasteiger partial charge in [-0.2, -0.15) is 0 Å². The SMILES string of the molecule is Cc1occc1C(Br)c1cc(F)c(F)cc1F. The van der Waals surface area contributed by atoms with Crippen LogP contribution in [-0.4, -0.2) is 0 Å². The van der Waals surface area contributed by atoms with Gasteiger partial charge >= 0.3 is 0 Å². The molecule has 0 aliphatic rings. The molecule has 0 saturated heterocycles. The van der Waals surface area contributed by atoms with E-state index in [0.29, 0.717) is 17.4 Å². The van der Waals surface area contributed by atoms with Gasteiger partial charge in [0.1, 0.15) is 11.6 Å². The van der Waals surface area contributed by atoms with Crippen LogP contribution in [0.3, 0.4) is 0 Å². The van der Waals surface area contributed by atoms with Gasteiger partial charge in [0.25, 0.3) is 0 Å². The predicted octanol–water partition coefficient (Wildman–Crippen LogP) is 4.49. The van der Waals surface area contributed by atoms with Crippen molar-refractivity contribution in [2.75, 3.05) is 0 Å². The van der Waals surface area contributed by atoms with E-state index < -0.39 is 22.3 Å². The molecule has 2 rings (SSSR count). The van der Waals surface area contributed by atoms with E-state index in [1.54, 1.807) is 13.0 Å². The van der Waals surface area contributed by atoms with Crippen molar-refractivity contribution < 1.29 is 17.6 Å². The highest BCUT2D eigenvalue weighted by Crippen LogP contribution is 2.35. The first-order chi connectivity index (χ1) is 8.00. The lowest BCUT2D eigenvalue weighted by Gasteiger charge is -2.11. The van der Waals surface area contributed by atoms with Crippen LogP contribution in [0, 0.1) is 24.4 Å². The van der Waals surface area contributed by atoms with E-state index in [0.717, 1.165) is 6.07 Å². The van der Waals surface area contributed by atoms with Crippen molar-refractivity contribution in [2.45, 2.75) is 11.8 Å². The normalized spacial score (nSPS) is 12.8. The summed E-state index contributed by atoms with van der Waals surface area (Å²) >= 11 is 3.24. The molecule has 0 aliphatic carbocycles. The molecule has 90 valence electrons. The molecule has 0 saturated carbocycles. The maximum atomic E-state index is 13.5. The lowest BCUT2D eigenvalue weighted by atomic mass is 10.0. The standard InChI is InChI=1S/C12H8BrF3O/c1-6-7(2-3-17-6)12(13)8-4-10(15)11(16)5-9(8)14/h2-5,12H,1H3. The molecule has 1 aromatic carbocycles. The summed E-state index contributed by atoms with van der Waals surface area (Å²) < 4.78 is 44.5. The highest BCUT2D eigenvalue weighted by atomic mass is 79.9. The van der Waals surface area contributed by atoms with E-state index in [2.05, 4.69) is 15.9 Å². The number of alkyl halides is 1. The van der Waals surface area contributed by atoms with Crippen LogP contribution in [0.4, 0.5) is 13.2 Å². The van der Waals surface area contributed by atoms with Crippen molar-refractivity contribution in [2.24, 2.45) is 0 Å². The van der Waals surface area contributed by atoms with Crippen LogP contribution in [0.2, 0.25) is 0 Å². The summed E-state index contributed by atoms with van der Waals surface area (Å²) in [6.45, 7) is 1.71. The van der Waals surface area contributed by atoms with Crippen LogP contribution in [0.25, 0.3) is 0 Å². The summed E-state index contributed by atoms with van der Waals surface area (Å²) in [5.41, 5.74) is 0.711. The van der Waals surface area contributed by atoms with Crippen molar-refractivity contribution in [3.8, 4) is 0 Å². The maximum Gasteiger partial charge on any atom is 0.161 e. The average molecular weight is 305 g/mol. The number of halogens is 4. The van der Waals surface area contributed by atoms with Gasteiger partial charge in [-0.05, 0) is 19.1 Å². The van der Waals surface area contributed by atoms with Crippen LogP contribution in [0.1, 0.15) is 21.7 Å². The largest absolute Gasteiger partial charge is 0.469 e. The van der Waals surface area contributed by atoms with Crippen LogP contribution < -0.4 is 0 Å². The quantitative estimate of drug-likeness (QED) is 0.588. The van der Waals surface area contributed by atoms with Gasteiger partial charge in [-0.1, -0.05) is 15.9 Å². The fourth-order valence-corrected chi connectivity index (χ4v) is 2.38. The Balaban J connectivity index is 2.48. The molecule has 5 heteroatoms. The highest BCUT2D eigenvalue weighted by molar-refractivity contribution is 9.09. The number of furan rings is 1. The topological polar surface area (TPSA) is 13.1 Å². The van der Waals surface area contributed by atoms with Crippen molar-refractivity contribution >= 4 is 15.9 Å². The van der Waals surface area contributed by atoms with E-state index in [-0.39, 0.29) is 5.56 Å². The molecule has 0 spiro atoms. The van der Waals surface area contributed by atoms with Gasteiger partial charge in [0.05, 0.1) is 11.1 Å². The third-order valence-electron chi connectivity index (χ3n) is 2.48. The van der Waals surface area contributed by atoms with Gasteiger partial charge in [-0.15, -0.1) is 0 Å². The van der Waals surface area contributed by atoms with Crippen LogP contribution in [0.5, 0.6) is 0 Å². The zero-order chi connectivity index (χ0) is 12.6. The van der Waals surface area contributed by atoms with Crippen molar-refractivity contribution in [1.29, 1.82) is 0 Å². The fraction of sp³-hybridized carbons (Fsp3) is 0.167. The maximum absolute atomic E-state index is 13.5. The number of hydrogen-bond donors (Lipinski definition) is 0. The Hall–Kier alpha value is -1.23. The summed E-state index contributed by atoms with van der Waals surface area (Å²) in [6, 6.07) is 3.03. The van der Waals surface area contributed by atoms with Crippen molar-refractivity contribution in [1.82, 2.24) is 0 Å².